The Morgan fingerprint density at radius 3 is 2.90 bits per heavy atom. The van der Waals surface area contributed by atoms with Crippen LogP contribution in [0.3, 0.4) is 0 Å². The summed E-state index contributed by atoms with van der Waals surface area (Å²) in [6.45, 7) is 2.10. The number of likely N-dealkylation sites (tertiary alicyclic amines) is 1. The first-order valence-corrected chi connectivity index (χ1v) is 6.26. The molecule has 2 rings (SSSR count). The molecular weight excluding hydrogens is 262 g/mol. The fourth-order valence-corrected chi connectivity index (χ4v) is 2.21. The van der Waals surface area contributed by atoms with E-state index in [0.717, 1.165) is 5.56 Å². The minimum absolute atomic E-state index is 0.253. The van der Waals surface area contributed by atoms with Crippen LogP contribution in [0.2, 0.25) is 0 Å². The molecule has 2 amide bonds. The molecule has 1 fully saturated rings. The fourth-order valence-electron chi connectivity index (χ4n) is 2.21. The van der Waals surface area contributed by atoms with Crippen LogP contribution in [0.4, 0.5) is 10.5 Å². The molecule has 2 N–H and O–H groups in total. The van der Waals surface area contributed by atoms with Crippen LogP contribution in [0.15, 0.2) is 18.5 Å². The Labute approximate surface area is 116 Å². The first kappa shape index (κ1) is 14.3. The molecule has 2 heterocycles. The second-order valence-corrected chi connectivity index (χ2v) is 4.72. The van der Waals surface area contributed by atoms with Crippen LogP contribution in [-0.4, -0.2) is 52.8 Å². The highest BCUT2D eigenvalue weighted by molar-refractivity contribution is 5.93. The van der Waals surface area contributed by atoms with Crippen molar-refractivity contribution in [2.24, 2.45) is 0 Å². The van der Waals surface area contributed by atoms with Gasteiger partial charge < -0.3 is 20.1 Å². The van der Waals surface area contributed by atoms with E-state index >= 15 is 0 Å². The van der Waals surface area contributed by atoms with Gasteiger partial charge in [0.1, 0.15) is 6.04 Å². The Kier molecular flexibility index (Phi) is 4.19. The summed E-state index contributed by atoms with van der Waals surface area (Å²) < 4.78 is 5.15. The van der Waals surface area contributed by atoms with E-state index in [1.807, 2.05) is 6.92 Å². The van der Waals surface area contributed by atoms with Crippen molar-refractivity contribution in [3.8, 4) is 0 Å². The highest BCUT2D eigenvalue weighted by atomic mass is 16.5. The van der Waals surface area contributed by atoms with Crippen molar-refractivity contribution in [3.05, 3.63) is 24.0 Å². The number of pyridine rings is 1. The van der Waals surface area contributed by atoms with Gasteiger partial charge in [-0.05, 0) is 18.6 Å². The summed E-state index contributed by atoms with van der Waals surface area (Å²) in [7, 11) is 1.51. The van der Waals surface area contributed by atoms with Crippen molar-refractivity contribution in [1.82, 2.24) is 9.88 Å². The molecule has 0 bridgehead atoms. The number of aliphatic carboxylic acids is 1. The summed E-state index contributed by atoms with van der Waals surface area (Å²) in [6.07, 6.45) is 3.21. The number of amides is 2. The molecule has 0 radical (unpaired) electrons. The minimum atomic E-state index is -1.03. The molecule has 1 aromatic heterocycles. The molecule has 1 saturated heterocycles. The van der Waals surface area contributed by atoms with Gasteiger partial charge >= 0.3 is 12.0 Å². The second-order valence-electron chi connectivity index (χ2n) is 4.72. The Bertz CT molecular complexity index is 520. The van der Waals surface area contributed by atoms with Crippen LogP contribution in [-0.2, 0) is 9.53 Å². The Hall–Kier alpha value is -2.15. The largest absolute Gasteiger partial charge is 0.480 e. The third-order valence-corrected chi connectivity index (χ3v) is 3.42. The van der Waals surface area contributed by atoms with Crippen molar-refractivity contribution >= 4 is 17.7 Å². The maximum absolute atomic E-state index is 12.2. The van der Waals surface area contributed by atoms with Gasteiger partial charge in [-0.25, -0.2) is 9.59 Å². The Morgan fingerprint density at radius 2 is 2.30 bits per heavy atom. The number of methoxy groups -OCH3 is 1. The average Bonchev–Trinajstić information content (AvgIpc) is 2.86. The molecule has 1 aromatic rings. The first-order valence-electron chi connectivity index (χ1n) is 6.26. The van der Waals surface area contributed by atoms with Gasteiger partial charge in [-0.15, -0.1) is 0 Å². The second kappa shape index (κ2) is 5.87. The molecule has 108 valence electrons. The summed E-state index contributed by atoms with van der Waals surface area (Å²) in [5.74, 6) is -1.03. The summed E-state index contributed by atoms with van der Waals surface area (Å²) in [4.78, 5) is 28.6. The van der Waals surface area contributed by atoms with Crippen molar-refractivity contribution in [2.45, 2.75) is 25.5 Å². The predicted molar refractivity (Wildman–Crippen MR) is 71.5 cm³/mol. The van der Waals surface area contributed by atoms with Gasteiger partial charge in [0.25, 0.3) is 0 Å². The molecule has 7 heteroatoms. The van der Waals surface area contributed by atoms with Gasteiger partial charge in [-0.2, -0.15) is 0 Å². The standard InChI is InChI=1S/C13H17N3O4/c1-8-3-4-14-6-10(8)15-13(19)16-7-9(20-2)5-11(16)12(17)18/h3-4,6,9,11H,5,7H2,1-2H3,(H,15,19)(H,17,18). The van der Waals surface area contributed by atoms with E-state index < -0.39 is 18.0 Å². The summed E-state index contributed by atoms with van der Waals surface area (Å²) in [5.41, 5.74) is 1.44. The van der Waals surface area contributed by atoms with Gasteiger partial charge in [0.2, 0.25) is 0 Å². The van der Waals surface area contributed by atoms with Crippen LogP contribution in [0.1, 0.15) is 12.0 Å². The van der Waals surface area contributed by atoms with Crippen molar-refractivity contribution in [3.63, 3.8) is 0 Å². The highest BCUT2D eigenvalue weighted by Gasteiger charge is 2.39. The highest BCUT2D eigenvalue weighted by Crippen LogP contribution is 2.22. The number of nitrogens with one attached hydrogen (secondary N) is 1. The molecule has 0 saturated carbocycles. The molecular formula is C13H17N3O4. The number of carbonyl (C=O) groups excluding carboxylic acids is 1. The van der Waals surface area contributed by atoms with Crippen LogP contribution >= 0.6 is 0 Å². The number of urea groups is 1. The molecule has 2 unspecified atom stereocenters. The number of carbonyl (C=O) groups is 2. The number of carboxylic acids is 1. The molecule has 1 aliphatic heterocycles. The van der Waals surface area contributed by atoms with E-state index in [1.54, 1.807) is 12.3 Å². The molecule has 20 heavy (non-hydrogen) atoms. The lowest BCUT2D eigenvalue weighted by Gasteiger charge is -2.22. The topological polar surface area (TPSA) is 91.8 Å². The number of hydrogen-bond acceptors (Lipinski definition) is 4. The number of nitrogens with zero attached hydrogens (tertiary/aromatic N) is 2. The fraction of sp³-hybridized carbons (Fsp3) is 0.462. The zero-order valence-corrected chi connectivity index (χ0v) is 11.4. The van der Waals surface area contributed by atoms with E-state index in [4.69, 9.17) is 4.74 Å². The number of anilines is 1. The summed E-state index contributed by atoms with van der Waals surface area (Å²) >= 11 is 0. The lowest BCUT2D eigenvalue weighted by Crippen LogP contribution is -2.43. The smallest absolute Gasteiger partial charge is 0.326 e. The number of carboxylic acid groups (broad SMARTS) is 1. The number of aromatic nitrogens is 1. The molecule has 0 spiro atoms. The number of aryl methyl sites for hydroxylation is 1. The third kappa shape index (κ3) is 2.88. The van der Waals surface area contributed by atoms with Crippen molar-refractivity contribution in [1.29, 1.82) is 0 Å². The number of hydrogen-bond donors (Lipinski definition) is 2. The van der Waals surface area contributed by atoms with Crippen LogP contribution in [0.25, 0.3) is 0 Å². The van der Waals surface area contributed by atoms with E-state index in [1.165, 1.54) is 18.2 Å². The van der Waals surface area contributed by atoms with Crippen LogP contribution in [0, 0.1) is 6.92 Å². The number of ether oxygens (including phenoxy) is 1. The van der Waals surface area contributed by atoms with Gasteiger partial charge in [-0.1, -0.05) is 0 Å². The summed E-state index contributed by atoms with van der Waals surface area (Å²) in [6, 6.07) is 0.455. The predicted octanol–water partition coefficient (Wildman–Crippen LogP) is 1.10. The Balaban J connectivity index is 2.11. The van der Waals surface area contributed by atoms with Crippen molar-refractivity contribution < 1.29 is 19.4 Å². The normalized spacial score (nSPS) is 21.8. The molecule has 1 aliphatic rings. The SMILES string of the molecule is COC1CC(C(=O)O)N(C(=O)Nc2cnccc2C)C1. The van der Waals surface area contributed by atoms with Crippen LogP contribution < -0.4 is 5.32 Å². The lowest BCUT2D eigenvalue weighted by molar-refractivity contribution is -0.141. The van der Waals surface area contributed by atoms with Gasteiger partial charge in [0, 0.05) is 26.3 Å². The quantitative estimate of drug-likeness (QED) is 0.864. The van der Waals surface area contributed by atoms with E-state index in [2.05, 4.69) is 10.3 Å². The molecule has 2 atom stereocenters. The number of rotatable bonds is 3. The van der Waals surface area contributed by atoms with Crippen molar-refractivity contribution in [2.75, 3.05) is 19.0 Å². The summed E-state index contributed by atoms with van der Waals surface area (Å²) in [5, 5.41) is 11.9. The van der Waals surface area contributed by atoms with Gasteiger partial charge in [0.05, 0.1) is 18.0 Å². The zero-order chi connectivity index (χ0) is 14.7. The average molecular weight is 279 g/mol. The zero-order valence-electron chi connectivity index (χ0n) is 11.4. The minimum Gasteiger partial charge on any atom is -0.480 e. The van der Waals surface area contributed by atoms with Gasteiger partial charge in [0.15, 0.2) is 0 Å². The monoisotopic (exact) mass is 279 g/mol. The maximum Gasteiger partial charge on any atom is 0.326 e. The molecule has 7 nitrogen and oxygen atoms in total. The maximum atomic E-state index is 12.2. The first-order chi connectivity index (χ1) is 9.52. The third-order valence-electron chi connectivity index (χ3n) is 3.42. The van der Waals surface area contributed by atoms with Crippen LogP contribution in [0.5, 0.6) is 0 Å². The van der Waals surface area contributed by atoms with E-state index in [9.17, 15) is 14.7 Å². The van der Waals surface area contributed by atoms with E-state index in [0.29, 0.717) is 12.1 Å². The lowest BCUT2D eigenvalue weighted by atomic mass is 10.2. The van der Waals surface area contributed by atoms with Gasteiger partial charge in [-0.3, -0.25) is 4.98 Å². The molecule has 0 aromatic carbocycles. The molecule has 0 aliphatic carbocycles. The Morgan fingerprint density at radius 1 is 1.55 bits per heavy atom. The van der Waals surface area contributed by atoms with E-state index in [-0.39, 0.29) is 12.6 Å².